The highest BCUT2D eigenvalue weighted by Crippen LogP contribution is 2.29. The second-order valence-electron chi connectivity index (χ2n) is 4.18. The Hall–Kier alpha value is -1.52. The highest BCUT2D eigenvalue weighted by molar-refractivity contribution is 9.10. The third-order valence-electron chi connectivity index (χ3n) is 2.94. The van der Waals surface area contributed by atoms with E-state index in [1.54, 1.807) is 14.2 Å². The summed E-state index contributed by atoms with van der Waals surface area (Å²) in [7, 11) is 3.26. The van der Waals surface area contributed by atoms with E-state index in [4.69, 9.17) is 15.2 Å². The summed E-state index contributed by atoms with van der Waals surface area (Å²) in [4.78, 5) is 0. The molecule has 0 spiro atoms. The molecule has 0 saturated carbocycles. The molecule has 2 aromatic carbocycles. The van der Waals surface area contributed by atoms with Crippen LogP contribution in [0.15, 0.2) is 46.9 Å². The van der Waals surface area contributed by atoms with Crippen LogP contribution in [-0.4, -0.2) is 14.2 Å². The summed E-state index contributed by atoms with van der Waals surface area (Å²) in [6, 6.07) is 13.4. The van der Waals surface area contributed by atoms with Crippen LogP contribution >= 0.6 is 15.9 Å². The van der Waals surface area contributed by atoms with E-state index >= 15 is 0 Å². The Kier molecular flexibility index (Phi) is 4.45. The lowest BCUT2D eigenvalue weighted by Crippen LogP contribution is -2.12. The maximum absolute atomic E-state index is 6.30. The molecule has 2 N–H and O–H groups in total. The molecule has 0 aromatic heterocycles. The number of halogens is 1. The SMILES string of the molecule is COc1cc(OC)cc(C(N)c2cccc(Br)c2)c1. The van der Waals surface area contributed by atoms with E-state index in [1.807, 2.05) is 42.5 Å². The van der Waals surface area contributed by atoms with Gasteiger partial charge in [-0.1, -0.05) is 28.1 Å². The molecule has 1 unspecified atom stereocenters. The Labute approximate surface area is 121 Å². The number of benzene rings is 2. The van der Waals surface area contributed by atoms with Crippen LogP contribution < -0.4 is 15.2 Å². The van der Waals surface area contributed by atoms with E-state index in [-0.39, 0.29) is 6.04 Å². The van der Waals surface area contributed by atoms with Crippen molar-refractivity contribution < 1.29 is 9.47 Å². The summed E-state index contributed by atoms with van der Waals surface area (Å²) in [6.45, 7) is 0. The summed E-state index contributed by atoms with van der Waals surface area (Å²) in [5, 5.41) is 0. The lowest BCUT2D eigenvalue weighted by Gasteiger charge is -2.15. The first-order chi connectivity index (χ1) is 9.13. The summed E-state index contributed by atoms with van der Waals surface area (Å²) < 4.78 is 11.5. The number of ether oxygens (including phenoxy) is 2. The van der Waals surface area contributed by atoms with E-state index < -0.39 is 0 Å². The summed E-state index contributed by atoms with van der Waals surface area (Å²) in [6.07, 6.45) is 0. The van der Waals surface area contributed by atoms with Crippen molar-refractivity contribution in [3.63, 3.8) is 0 Å². The fourth-order valence-electron chi connectivity index (χ4n) is 1.90. The Morgan fingerprint density at radius 3 is 2.11 bits per heavy atom. The molecule has 0 aliphatic rings. The van der Waals surface area contributed by atoms with Crippen molar-refractivity contribution in [2.24, 2.45) is 5.73 Å². The van der Waals surface area contributed by atoms with Crippen LogP contribution in [0.1, 0.15) is 17.2 Å². The average molecular weight is 322 g/mol. The second kappa shape index (κ2) is 6.08. The Morgan fingerprint density at radius 2 is 1.58 bits per heavy atom. The molecular formula is C15H16BrNO2. The molecule has 0 aliphatic heterocycles. The highest BCUT2D eigenvalue weighted by atomic mass is 79.9. The Balaban J connectivity index is 2.40. The molecule has 1 atom stereocenters. The lowest BCUT2D eigenvalue weighted by atomic mass is 9.99. The van der Waals surface area contributed by atoms with E-state index in [2.05, 4.69) is 15.9 Å². The minimum atomic E-state index is -0.221. The molecule has 3 nitrogen and oxygen atoms in total. The molecule has 0 radical (unpaired) electrons. The number of nitrogens with two attached hydrogens (primary N) is 1. The zero-order valence-corrected chi connectivity index (χ0v) is 12.5. The third-order valence-corrected chi connectivity index (χ3v) is 3.43. The van der Waals surface area contributed by atoms with Gasteiger partial charge in [0, 0.05) is 10.5 Å². The van der Waals surface area contributed by atoms with E-state index in [0.717, 1.165) is 27.1 Å². The van der Waals surface area contributed by atoms with Crippen molar-refractivity contribution in [1.82, 2.24) is 0 Å². The number of hydrogen-bond acceptors (Lipinski definition) is 3. The van der Waals surface area contributed by atoms with Crippen LogP contribution in [0.2, 0.25) is 0 Å². The van der Waals surface area contributed by atoms with Crippen LogP contribution in [0.25, 0.3) is 0 Å². The van der Waals surface area contributed by atoms with Gasteiger partial charge in [0.05, 0.1) is 20.3 Å². The van der Waals surface area contributed by atoms with Gasteiger partial charge in [-0.15, -0.1) is 0 Å². The normalized spacial score (nSPS) is 12.0. The molecule has 0 fully saturated rings. The Morgan fingerprint density at radius 1 is 0.947 bits per heavy atom. The molecule has 0 aliphatic carbocycles. The smallest absolute Gasteiger partial charge is 0.122 e. The first kappa shape index (κ1) is 13.9. The van der Waals surface area contributed by atoms with Gasteiger partial charge in [0.25, 0.3) is 0 Å². The van der Waals surface area contributed by atoms with Gasteiger partial charge in [0.1, 0.15) is 11.5 Å². The fraction of sp³-hybridized carbons (Fsp3) is 0.200. The maximum atomic E-state index is 6.30. The molecule has 0 bridgehead atoms. The lowest BCUT2D eigenvalue weighted by molar-refractivity contribution is 0.393. The van der Waals surface area contributed by atoms with Crippen LogP contribution in [0.4, 0.5) is 0 Å². The monoisotopic (exact) mass is 321 g/mol. The summed E-state index contributed by atoms with van der Waals surface area (Å²) in [5.74, 6) is 1.47. The van der Waals surface area contributed by atoms with Crippen LogP contribution in [0.5, 0.6) is 11.5 Å². The molecule has 19 heavy (non-hydrogen) atoms. The minimum absolute atomic E-state index is 0.221. The molecule has 100 valence electrons. The Bertz CT molecular complexity index is 550. The first-order valence-electron chi connectivity index (χ1n) is 5.88. The molecule has 0 amide bonds. The van der Waals surface area contributed by atoms with Crippen molar-refractivity contribution in [2.75, 3.05) is 14.2 Å². The molecule has 4 heteroatoms. The van der Waals surface area contributed by atoms with Crippen LogP contribution in [0.3, 0.4) is 0 Å². The molecule has 2 aromatic rings. The predicted molar refractivity (Wildman–Crippen MR) is 79.7 cm³/mol. The zero-order valence-electron chi connectivity index (χ0n) is 10.9. The summed E-state index contributed by atoms with van der Waals surface area (Å²) in [5.41, 5.74) is 8.29. The summed E-state index contributed by atoms with van der Waals surface area (Å²) >= 11 is 3.45. The molecule has 0 saturated heterocycles. The second-order valence-corrected chi connectivity index (χ2v) is 5.09. The zero-order chi connectivity index (χ0) is 13.8. The van der Waals surface area contributed by atoms with Crippen molar-refractivity contribution in [2.45, 2.75) is 6.04 Å². The topological polar surface area (TPSA) is 44.5 Å². The largest absolute Gasteiger partial charge is 0.497 e. The number of hydrogen-bond donors (Lipinski definition) is 1. The van der Waals surface area contributed by atoms with Crippen molar-refractivity contribution in [3.8, 4) is 11.5 Å². The van der Waals surface area contributed by atoms with Gasteiger partial charge in [-0.3, -0.25) is 0 Å². The van der Waals surface area contributed by atoms with Crippen LogP contribution in [-0.2, 0) is 0 Å². The van der Waals surface area contributed by atoms with Crippen molar-refractivity contribution >= 4 is 15.9 Å². The molecular weight excluding hydrogens is 306 g/mol. The molecule has 2 rings (SSSR count). The average Bonchev–Trinajstić information content (AvgIpc) is 2.45. The number of methoxy groups -OCH3 is 2. The van der Waals surface area contributed by atoms with Gasteiger partial charge in [0.15, 0.2) is 0 Å². The van der Waals surface area contributed by atoms with Crippen molar-refractivity contribution in [3.05, 3.63) is 58.1 Å². The minimum Gasteiger partial charge on any atom is -0.497 e. The van der Waals surface area contributed by atoms with E-state index in [0.29, 0.717) is 0 Å². The molecule has 0 heterocycles. The van der Waals surface area contributed by atoms with Crippen LogP contribution in [0, 0.1) is 0 Å². The van der Waals surface area contributed by atoms with Crippen molar-refractivity contribution in [1.29, 1.82) is 0 Å². The van der Waals surface area contributed by atoms with Gasteiger partial charge in [0.2, 0.25) is 0 Å². The first-order valence-corrected chi connectivity index (χ1v) is 6.67. The van der Waals surface area contributed by atoms with Gasteiger partial charge >= 0.3 is 0 Å². The van der Waals surface area contributed by atoms with E-state index in [9.17, 15) is 0 Å². The predicted octanol–water partition coefficient (Wildman–Crippen LogP) is 3.51. The fourth-order valence-corrected chi connectivity index (χ4v) is 2.32. The number of rotatable bonds is 4. The van der Waals surface area contributed by atoms with Gasteiger partial charge in [-0.25, -0.2) is 0 Å². The van der Waals surface area contributed by atoms with Gasteiger partial charge < -0.3 is 15.2 Å². The van der Waals surface area contributed by atoms with E-state index in [1.165, 1.54) is 0 Å². The third kappa shape index (κ3) is 3.28. The van der Waals surface area contributed by atoms with Gasteiger partial charge in [-0.05, 0) is 35.4 Å². The standard InChI is InChI=1S/C15H16BrNO2/c1-18-13-7-11(8-14(9-13)19-2)15(17)10-4-3-5-12(16)6-10/h3-9,15H,17H2,1-2H3. The quantitative estimate of drug-likeness (QED) is 0.937. The highest BCUT2D eigenvalue weighted by Gasteiger charge is 2.12. The maximum Gasteiger partial charge on any atom is 0.122 e. The van der Waals surface area contributed by atoms with Gasteiger partial charge in [-0.2, -0.15) is 0 Å².